The summed E-state index contributed by atoms with van der Waals surface area (Å²) in [7, 11) is 4.15. The van der Waals surface area contributed by atoms with Gasteiger partial charge in [-0.05, 0) is 19.1 Å². The maximum atomic E-state index is 13.0. The number of aliphatic carboxylic acids is 1. The quantitative estimate of drug-likeness (QED) is 0.203. The number of methoxy groups -OCH3 is 1. The van der Waals surface area contributed by atoms with Gasteiger partial charge in [-0.3, -0.25) is 24.3 Å². The smallest absolute Gasteiger partial charge is 0.330 e. The van der Waals surface area contributed by atoms with Gasteiger partial charge in [-0.25, -0.2) is 9.78 Å². The van der Waals surface area contributed by atoms with E-state index >= 15 is 0 Å². The predicted molar refractivity (Wildman–Crippen MR) is 167 cm³/mol. The highest BCUT2D eigenvalue weighted by molar-refractivity contribution is 6.39. The number of pyridine rings is 1. The van der Waals surface area contributed by atoms with E-state index in [0.29, 0.717) is 33.0 Å². The number of aryl methyl sites for hydroxylation is 1. The highest BCUT2D eigenvalue weighted by Crippen LogP contribution is 2.41. The number of benzene rings is 2. The number of aromatic nitrogens is 3. The molecule has 0 bridgehead atoms. The molecule has 0 saturated carbocycles. The van der Waals surface area contributed by atoms with Crippen molar-refractivity contribution in [3.05, 3.63) is 96.7 Å². The van der Waals surface area contributed by atoms with Crippen LogP contribution >= 0.6 is 23.2 Å². The van der Waals surface area contributed by atoms with Crippen molar-refractivity contribution in [3.8, 4) is 28.3 Å². The molecule has 1 amide bonds. The van der Waals surface area contributed by atoms with Crippen LogP contribution in [0.2, 0.25) is 10.0 Å². The van der Waals surface area contributed by atoms with Crippen molar-refractivity contribution in [2.45, 2.75) is 19.0 Å². The van der Waals surface area contributed by atoms with E-state index in [0.717, 1.165) is 15.3 Å². The van der Waals surface area contributed by atoms with E-state index in [9.17, 15) is 29.4 Å². The molecule has 4 aromatic rings. The van der Waals surface area contributed by atoms with Crippen molar-refractivity contribution in [2.75, 3.05) is 19.0 Å². The molecule has 0 saturated heterocycles. The van der Waals surface area contributed by atoms with Crippen LogP contribution in [-0.2, 0) is 25.4 Å². The molecule has 0 radical (unpaired) electrons. The van der Waals surface area contributed by atoms with Crippen LogP contribution in [0.5, 0.6) is 5.88 Å². The van der Waals surface area contributed by atoms with Crippen molar-refractivity contribution >= 4 is 40.8 Å². The molecule has 4 N–H and O–H groups in total. The normalized spacial score (nSPS) is 12.4. The van der Waals surface area contributed by atoms with E-state index in [2.05, 4.69) is 15.6 Å². The molecule has 0 unspecified atom stereocenters. The number of carbonyl (C=O) groups is 2. The van der Waals surface area contributed by atoms with Gasteiger partial charge in [-0.1, -0.05) is 59.6 Å². The maximum Gasteiger partial charge on any atom is 0.330 e. The zero-order chi connectivity index (χ0) is 32.3. The summed E-state index contributed by atoms with van der Waals surface area (Å²) in [6, 6.07) is 13.6. The molecular weight excluding hydrogens is 613 g/mol. The number of ether oxygens (including phenoxy) is 1. The number of hydrogen-bond donors (Lipinski definition) is 4. The van der Waals surface area contributed by atoms with Crippen LogP contribution in [0.15, 0.2) is 64.3 Å². The van der Waals surface area contributed by atoms with Gasteiger partial charge < -0.3 is 24.8 Å². The summed E-state index contributed by atoms with van der Waals surface area (Å²) in [5, 5.41) is 24.9. The van der Waals surface area contributed by atoms with Crippen LogP contribution in [0.4, 0.5) is 5.69 Å². The Morgan fingerprint density at radius 1 is 1.00 bits per heavy atom. The molecule has 4 rings (SSSR count). The number of carboxylic acids is 1. The lowest BCUT2D eigenvalue weighted by Crippen LogP contribution is -2.52. The first-order chi connectivity index (χ1) is 20.8. The Kier molecular flexibility index (Phi) is 9.59. The van der Waals surface area contributed by atoms with Gasteiger partial charge in [0.25, 0.3) is 11.5 Å². The number of nitrogens with one attached hydrogen (secondary N) is 2. The molecule has 0 aliphatic rings. The number of nitrogens with zero attached hydrogens (tertiary/aromatic N) is 3. The Bertz CT molecular complexity index is 1890. The van der Waals surface area contributed by atoms with Crippen LogP contribution < -0.4 is 26.6 Å². The van der Waals surface area contributed by atoms with Gasteiger partial charge in [0.2, 0.25) is 5.88 Å². The van der Waals surface area contributed by atoms with E-state index in [4.69, 9.17) is 27.9 Å². The minimum Gasteiger partial charge on any atom is -0.481 e. The fourth-order valence-corrected chi connectivity index (χ4v) is 4.95. The second-order valence-electron chi connectivity index (χ2n) is 10.1. The van der Waals surface area contributed by atoms with Gasteiger partial charge >= 0.3 is 11.7 Å². The van der Waals surface area contributed by atoms with Crippen LogP contribution in [0.25, 0.3) is 22.4 Å². The lowest BCUT2D eigenvalue weighted by molar-refractivity contribution is -0.145. The van der Waals surface area contributed by atoms with Gasteiger partial charge in [0.15, 0.2) is 0 Å². The van der Waals surface area contributed by atoms with Gasteiger partial charge in [0.1, 0.15) is 11.1 Å². The number of amides is 1. The largest absolute Gasteiger partial charge is 0.481 e. The summed E-state index contributed by atoms with van der Waals surface area (Å²) in [5.74, 6) is -1.71. The Hall–Kier alpha value is -4.49. The molecular formula is C30H29Cl2N5O7. The number of carbonyl (C=O) groups excluding carboxylic acids is 1. The lowest BCUT2D eigenvalue weighted by Gasteiger charge is -2.24. The molecule has 0 fully saturated rings. The molecule has 2 aromatic carbocycles. The first-order valence-electron chi connectivity index (χ1n) is 13.1. The SMILES string of the molecule is COc1nc(-c2cccc(-c3cccc(NC(=O)c4cn(C)c(=O)n(C)c4=O)c3Cl)c2Cl)ccc1CN[C@@](C)(CO)C(=O)O. The molecule has 2 aromatic heterocycles. The summed E-state index contributed by atoms with van der Waals surface area (Å²) in [6.07, 6.45) is 1.16. The van der Waals surface area contributed by atoms with Crippen molar-refractivity contribution in [1.29, 1.82) is 0 Å². The van der Waals surface area contributed by atoms with Gasteiger partial charge in [-0.2, -0.15) is 0 Å². The number of rotatable bonds is 10. The fraction of sp³-hybridized carbons (Fsp3) is 0.233. The molecule has 0 aliphatic heterocycles. The first kappa shape index (κ1) is 32.4. The predicted octanol–water partition coefficient (Wildman–Crippen LogP) is 3.31. The van der Waals surface area contributed by atoms with Crippen molar-refractivity contribution in [1.82, 2.24) is 19.4 Å². The standard InChI is InChI=1S/C30H29Cl2N5O7/c1-30(15-38,28(41)42)33-13-16-11-12-21(35-26(16)44-4)19-9-5-7-17(23(19)31)18-8-6-10-22(24(18)32)34-25(39)20-14-36(2)29(43)37(3)27(20)40/h5-12,14,33,38H,13,15H2,1-4H3,(H,34,39)(H,41,42)/t30-/m0/s1. The van der Waals surface area contributed by atoms with Gasteiger partial charge in [0.05, 0.1) is 35.1 Å². The monoisotopic (exact) mass is 641 g/mol. The number of aliphatic hydroxyl groups excluding tert-OH is 1. The number of carboxylic acid groups (broad SMARTS) is 1. The molecule has 44 heavy (non-hydrogen) atoms. The summed E-state index contributed by atoms with van der Waals surface area (Å²) < 4.78 is 7.42. The summed E-state index contributed by atoms with van der Waals surface area (Å²) >= 11 is 13.6. The average Bonchev–Trinajstić information content (AvgIpc) is 3.01. The summed E-state index contributed by atoms with van der Waals surface area (Å²) in [4.78, 5) is 53.6. The Morgan fingerprint density at radius 3 is 2.27 bits per heavy atom. The number of aliphatic hydroxyl groups is 1. The van der Waals surface area contributed by atoms with Crippen molar-refractivity contribution in [3.63, 3.8) is 0 Å². The third kappa shape index (κ3) is 6.24. The Morgan fingerprint density at radius 2 is 1.64 bits per heavy atom. The summed E-state index contributed by atoms with van der Waals surface area (Å²) in [5.41, 5.74) is -0.279. The maximum absolute atomic E-state index is 13.0. The minimum atomic E-state index is -1.55. The van der Waals surface area contributed by atoms with Gasteiger partial charge in [0, 0.05) is 49.1 Å². The van der Waals surface area contributed by atoms with Crippen molar-refractivity contribution in [2.24, 2.45) is 14.1 Å². The van der Waals surface area contributed by atoms with Crippen molar-refractivity contribution < 1.29 is 24.5 Å². The zero-order valence-electron chi connectivity index (χ0n) is 24.1. The Balaban J connectivity index is 1.67. The molecule has 0 aliphatic carbocycles. The highest BCUT2D eigenvalue weighted by Gasteiger charge is 2.32. The molecule has 12 nitrogen and oxygen atoms in total. The number of halogens is 2. The molecule has 230 valence electrons. The second kappa shape index (κ2) is 13.0. The van der Waals surface area contributed by atoms with Crippen LogP contribution in [0.3, 0.4) is 0 Å². The fourth-order valence-electron chi connectivity index (χ4n) is 4.35. The molecule has 1 atom stereocenters. The summed E-state index contributed by atoms with van der Waals surface area (Å²) in [6.45, 7) is 0.817. The third-order valence-electron chi connectivity index (χ3n) is 7.09. The highest BCUT2D eigenvalue weighted by atomic mass is 35.5. The van der Waals surface area contributed by atoms with E-state index < -0.39 is 35.3 Å². The van der Waals surface area contributed by atoms with Crippen LogP contribution in [-0.4, -0.2) is 55.5 Å². The van der Waals surface area contributed by atoms with E-state index in [1.807, 2.05) is 0 Å². The Labute approximate surface area is 261 Å². The number of anilines is 1. The van der Waals surface area contributed by atoms with Gasteiger partial charge in [-0.15, -0.1) is 0 Å². The average molecular weight is 642 g/mol. The minimum absolute atomic E-state index is 0.0626. The van der Waals surface area contributed by atoms with Crippen LogP contribution in [0, 0.1) is 0 Å². The topological polar surface area (TPSA) is 165 Å². The zero-order valence-corrected chi connectivity index (χ0v) is 25.7. The third-order valence-corrected chi connectivity index (χ3v) is 7.91. The first-order valence-corrected chi connectivity index (χ1v) is 13.9. The molecule has 14 heteroatoms. The number of hydrogen-bond acceptors (Lipinski definition) is 8. The molecule has 0 spiro atoms. The molecule has 2 heterocycles. The second-order valence-corrected chi connectivity index (χ2v) is 10.9. The lowest BCUT2D eigenvalue weighted by atomic mass is 10.00. The van der Waals surface area contributed by atoms with E-state index in [-0.39, 0.29) is 28.7 Å². The van der Waals surface area contributed by atoms with Crippen LogP contribution in [0.1, 0.15) is 22.8 Å². The van der Waals surface area contributed by atoms with E-state index in [1.165, 1.54) is 28.1 Å². The van der Waals surface area contributed by atoms with E-state index in [1.54, 1.807) is 48.5 Å².